The third-order valence-corrected chi connectivity index (χ3v) is 6.35. The number of hydrogen-bond acceptors (Lipinski definition) is 5. The Morgan fingerprint density at radius 1 is 0.919 bits per heavy atom. The Morgan fingerprint density at radius 2 is 1.65 bits per heavy atom. The van der Waals surface area contributed by atoms with Crippen LogP contribution in [0.5, 0.6) is 11.5 Å². The zero-order valence-corrected chi connectivity index (χ0v) is 20.8. The molecule has 4 aromatic carbocycles. The summed E-state index contributed by atoms with van der Waals surface area (Å²) >= 11 is 6.14. The molecule has 1 N–H and O–H groups in total. The van der Waals surface area contributed by atoms with Crippen LogP contribution in [-0.4, -0.2) is 25.1 Å². The van der Waals surface area contributed by atoms with Crippen LogP contribution in [0.1, 0.15) is 24.0 Å². The fraction of sp³-hybridized carbons (Fsp3) is 0.133. The summed E-state index contributed by atoms with van der Waals surface area (Å²) in [5.74, 6) is -0.673. The molecule has 0 bridgehead atoms. The van der Waals surface area contributed by atoms with E-state index in [0.29, 0.717) is 16.5 Å². The number of halogens is 1. The molecule has 5 rings (SSSR count). The predicted octanol–water partition coefficient (Wildman–Crippen LogP) is 5.99. The summed E-state index contributed by atoms with van der Waals surface area (Å²) < 4.78 is 17.2. The molecule has 0 spiro atoms. The van der Waals surface area contributed by atoms with Gasteiger partial charge in [0.1, 0.15) is 17.1 Å². The highest BCUT2D eigenvalue weighted by atomic mass is 35.5. The van der Waals surface area contributed by atoms with Gasteiger partial charge in [0.25, 0.3) is 5.91 Å². The molecule has 0 fully saturated rings. The standard InChI is InChI=1S/C30H24ClNO5/c1-2-35-30(34)28-26(20-11-4-3-5-12-20)27-21-13-7-6-10-19(21)16-17-24(27)37-29(28)32-25(33)18-36-23-15-9-8-14-22(23)31/h3-17,26H,2,18H2,1H3,(H,32,33). The molecule has 0 radical (unpaired) electrons. The minimum absolute atomic E-state index is 0.0165. The van der Waals surface area contributed by atoms with E-state index in [1.165, 1.54) is 0 Å². The van der Waals surface area contributed by atoms with Gasteiger partial charge < -0.3 is 14.2 Å². The molecule has 1 heterocycles. The van der Waals surface area contributed by atoms with E-state index in [2.05, 4.69) is 5.32 Å². The molecule has 186 valence electrons. The van der Waals surface area contributed by atoms with E-state index in [1.807, 2.05) is 66.7 Å². The van der Waals surface area contributed by atoms with Crippen molar-refractivity contribution in [2.45, 2.75) is 12.8 Å². The van der Waals surface area contributed by atoms with Crippen LogP contribution in [0, 0.1) is 0 Å². The van der Waals surface area contributed by atoms with Gasteiger partial charge in [0, 0.05) is 5.56 Å². The summed E-state index contributed by atoms with van der Waals surface area (Å²) in [6.07, 6.45) is 0. The molecule has 1 amide bonds. The Balaban J connectivity index is 1.58. The Hall–Kier alpha value is -4.29. The number of hydrogen-bond donors (Lipinski definition) is 1. The Morgan fingerprint density at radius 3 is 2.43 bits per heavy atom. The molecular weight excluding hydrogens is 490 g/mol. The monoisotopic (exact) mass is 513 g/mol. The molecular formula is C30H24ClNO5. The maximum absolute atomic E-state index is 13.4. The largest absolute Gasteiger partial charge is 0.482 e. The second-order valence-corrected chi connectivity index (χ2v) is 8.78. The van der Waals surface area contributed by atoms with E-state index in [-0.39, 0.29) is 24.7 Å². The first-order valence-corrected chi connectivity index (χ1v) is 12.3. The van der Waals surface area contributed by atoms with Crippen LogP contribution in [0.15, 0.2) is 102 Å². The van der Waals surface area contributed by atoms with Crippen LogP contribution >= 0.6 is 11.6 Å². The number of amides is 1. The number of esters is 1. The summed E-state index contributed by atoms with van der Waals surface area (Å²) in [4.78, 5) is 26.3. The Bertz CT molecular complexity index is 1500. The lowest BCUT2D eigenvalue weighted by molar-refractivity contribution is -0.139. The minimum atomic E-state index is -0.572. The highest BCUT2D eigenvalue weighted by Crippen LogP contribution is 2.46. The van der Waals surface area contributed by atoms with Gasteiger partial charge in [-0.1, -0.05) is 84.4 Å². The molecule has 1 aliphatic heterocycles. The number of carbonyl (C=O) groups excluding carboxylic acids is 2. The van der Waals surface area contributed by atoms with E-state index >= 15 is 0 Å². The van der Waals surface area contributed by atoms with Gasteiger partial charge in [-0.3, -0.25) is 10.1 Å². The van der Waals surface area contributed by atoms with E-state index in [9.17, 15) is 9.59 Å². The van der Waals surface area contributed by atoms with E-state index < -0.39 is 17.8 Å². The van der Waals surface area contributed by atoms with Crippen molar-refractivity contribution in [3.8, 4) is 11.5 Å². The molecule has 1 unspecified atom stereocenters. The Labute approximate surface area is 219 Å². The first-order valence-electron chi connectivity index (χ1n) is 11.9. The quantitative estimate of drug-likeness (QED) is 0.307. The van der Waals surface area contributed by atoms with Crippen molar-refractivity contribution in [1.29, 1.82) is 0 Å². The molecule has 7 heteroatoms. The number of benzene rings is 4. The number of para-hydroxylation sites is 1. The minimum Gasteiger partial charge on any atom is -0.482 e. The second-order valence-electron chi connectivity index (χ2n) is 8.37. The van der Waals surface area contributed by atoms with E-state index in [1.54, 1.807) is 31.2 Å². The number of ether oxygens (including phenoxy) is 3. The smallest absolute Gasteiger partial charge is 0.340 e. The van der Waals surface area contributed by atoms with Crippen molar-refractivity contribution in [2.24, 2.45) is 0 Å². The van der Waals surface area contributed by atoms with Crippen molar-refractivity contribution >= 4 is 34.2 Å². The van der Waals surface area contributed by atoms with Crippen LogP contribution in [0.2, 0.25) is 5.02 Å². The fourth-order valence-electron chi connectivity index (χ4n) is 4.46. The van der Waals surface area contributed by atoms with Crippen molar-refractivity contribution in [2.75, 3.05) is 13.2 Å². The lowest BCUT2D eigenvalue weighted by Gasteiger charge is -2.31. The SMILES string of the molecule is CCOC(=O)C1=C(NC(=O)COc2ccccc2Cl)Oc2ccc3ccccc3c2C1c1ccccc1. The third kappa shape index (κ3) is 5.01. The van der Waals surface area contributed by atoms with Gasteiger partial charge in [0.2, 0.25) is 5.88 Å². The Kier molecular flexibility index (Phi) is 7.10. The van der Waals surface area contributed by atoms with Crippen molar-refractivity contribution in [1.82, 2.24) is 5.32 Å². The van der Waals surface area contributed by atoms with Gasteiger partial charge in [0.15, 0.2) is 6.61 Å². The summed E-state index contributed by atoms with van der Waals surface area (Å²) in [6, 6.07) is 28.2. The average molecular weight is 514 g/mol. The summed E-state index contributed by atoms with van der Waals surface area (Å²) in [5.41, 5.74) is 1.91. The number of nitrogens with one attached hydrogen (secondary N) is 1. The van der Waals surface area contributed by atoms with Gasteiger partial charge in [-0.25, -0.2) is 4.79 Å². The number of carbonyl (C=O) groups is 2. The van der Waals surface area contributed by atoms with Crippen LogP contribution in [-0.2, 0) is 14.3 Å². The lowest BCUT2D eigenvalue weighted by atomic mass is 9.80. The first-order chi connectivity index (χ1) is 18.1. The third-order valence-electron chi connectivity index (χ3n) is 6.04. The van der Waals surface area contributed by atoms with E-state index in [4.69, 9.17) is 25.8 Å². The average Bonchev–Trinajstić information content (AvgIpc) is 2.92. The molecule has 1 aliphatic rings. The van der Waals surface area contributed by atoms with Crippen LogP contribution < -0.4 is 14.8 Å². The molecule has 0 aromatic heterocycles. The normalized spacial score (nSPS) is 14.5. The van der Waals surface area contributed by atoms with Crippen molar-refractivity contribution in [3.63, 3.8) is 0 Å². The van der Waals surface area contributed by atoms with Gasteiger partial charge in [-0.2, -0.15) is 0 Å². The highest BCUT2D eigenvalue weighted by Gasteiger charge is 2.38. The molecule has 0 saturated carbocycles. The topological polar surface area (TPSA) is 73.9 Å². The number of rotatable bonds is 7. The molecule has 6 nitrogen and oxygen atoms in total. The first kappa shape index (κ1) is 24.4. The molecule has 0 aliphatic carbocycles. The van der Waals surface area contributed by atoms with Crippen molar-refractivity contribution < 1.29 is 23.8 Å². The van der Waals surface area contributed by atoms with Gasteiger partial charge in [-0.05, 0) is 41.5 Å². The van der Waals surface area contributed by atoms with Crippen LogP contribution in [0.25, 0.3) is 10.8 Å². The van der Waals surface area contributed by atoms with Crippen LogP contribution in [0.3, 0.4) is 0 Å². The van der Waals surface area contributed by atoms with Gasteiger partial charge in [0.05, 0.1) is 17.5 Å². The highest BCUT2D eigenvalue weighted by molar-refractivity contribution is 6.32. The fourth-order valence-corrected chi connectivity index (χ4v) is 4.65. The second kappa shape index (κ2) is 10.8. The number of fused-ring (bicyclic) bond motifs is 3. The molecule has 37 heavy (non-hydrogen) atoms. The molecule has 0 saturated heterocycles. The summed E-state index contributed by atoms with van der Waals surface area (Å²) in [5, 5.41) is 5.08. The molecule has 1 atom stereocenters. The predicted molar refractivity (Wildman–Crippen MR) is 142 cm³/mol. The van der Waals surface area contributed by atoms with Gasteiger partial charge in [-0.15, -0.1) is 0 Å². The van der Waals surface area contributed by atoms with Gasteiger partial charge >= 0.3 is 5.97 Å². The van der Waals surface area contributed by atoms with E-state index in [0.717, 1.165) is 21.9 Å². The lowest BCUT2D eigenvalue weighted by Crippen LogP contribution is -2.36. The maximum atomic E-state index is 13.4. The summed E-state index contributed by atoms with van der Waals surface area (Å²) in [6.45, 7) is 1.58. The van der Waals surface area contributed by atoms with Crippen molar-refractivity contribution in [3.05, 3.63) is 119 Å². The van der Waals surface area contributed by atoms with Crippen LogP contribution in [0.4, 0.5) is 0 Å². The summed E-state index contributed by atoms with van der Waals surface area (Å²) in [7, 11) is 0. The zero-order valence-electron chi connectivity index (χ0n) is 20.1. The maximum Gasteiger partial charge on any atom is 0.340 e. The zero-order chi connectivity index (χ0) is 25.8. The molecule has 4 aromatic rings.